The van der Waals surface area contributed by atoms with Gasteiger partial charge in [0.25, 0.3) is 0 Å². The van der Waals surface area contributed by atoms with Gasteiger partial charge in [-0.2, -0.15) is 0 Å². The van der Waals surface area contributed by atoms with E-state index in [0.717, 1.165) is 11.3 Å². The zero-order valence-corrected chi connectivity index (χ0v) is 8.56. The van der Waals surface area contributed by atoms with Gasteiger partial charge < -0.3 is 0 Å². The van der Waals surface area contributed by atoms with Crippen molar-refractivity contribution in [1.29, 1.82) is 0 Å². The van der Waals surface area contributed by atoms with Crippen molar-refractivity contribution >= 4 is 17.1 Å². The molecular formula is C9H14N2S. The predicted octanol–water partition coefficient (Wildman–Crippen LogP) is 3.15. The van der Waals surface area contributed by atoms with Crippen LogP contribution in [0.3, 0.4) is 0 Å². The predicted molar refractivity (Wildman–Crippen MR) is 55.1 cm³/mol. The van der Waals surface area contributed by atoms with Gasteiger partial charge >= 0.3 is 0 Å². The molecule has 12 heavy (non-hydrogen) atoms. The lowest BCUT2D eigenvalue weighted by molar-refractivity contribution is 1.13. The van der Waals surface area contributed by atoms with Gasteiger partial charge in [0.15, 0.2) is 0 Å². The van der Waals surface area contributed by atoms with E-state index in [1.54, 1.807) is 6.08 Å². The number of aromatic nitrogens is 2. The average Bonchev–Trinajstić information content (AvgIpc) is 2.60. The first kappa shape index (κ1) is 11.0. The fraction of sp³-hybridized carbons (Fsp3) is 0.333. The van der Waals surface area contributed by atoms with Crippen LogP contribution in [0, 0.1) is 0 Å². The molecule has 1 heterocycles. The Hall–Kier alpha value is -0.960. The molecule has 1 aromatic rings. The van der Waals surface area contributed by atoms with E-state index in [1.165, 1.54) is 11.5 Å². The first-order valence-electron chi connectivity index (χ1n) is 3.91. The van der Waals surface area contributed by atoms with Gasteiger partial charge in [0, 0.05) is 5.38 Å². The quantitative estimate of drug-likeness (QED) is 0.657. The van der Waals surface area contributed by atoms with Gasteiger partial charge in [0.05, 0.1) is 0 Å². The summed E-state index contributed by atoms with van der Waals surface area (Å²) in [5, 5.41) is 5.80. The molecule has 0 aliphatic heterocycles. The van der Waals surface area contributed by atoms with E-state index in [4.69, 9.17) is 0 Å². The maximum atomic E-state index is 3.89. The Kier molecular flexibility index (Phi) is 6.19. The first-order valence-corrected chi connectivity index (χ1v) is 4.75. The molecule has 0 saturated heterocycles. The van der Waals surface area contributed by atoms with Gasteiger partial charge in [-0.15, -0.1) is 5.10 Å². The fourth-order valence-corrected chi connectivity index (χ4v) is 1.11. The molecule has 0 fully saturated rings. The zero-order valence-electron chi connectivity index (χ0n) is 7.74. The maximum absolute atomic E-state index is 3.89. The molecule has 0 aliphatic carbocycles. The van der Waals surface area contributed by atoms with E-state index in [2.05, 4.69) is 16.2 Å². The van der Waals surface area contributed by atoms with E-state index in [-0.39, 0.29) is 0 Å². The topological polar surface area (TPSA) is 25.8 Å². The maximum Gasteiger partial charge on any atom is 0.101 e. The molecule has 66 valence electrons. The highest BCUT2D eigenvalue weighted by molar-refractivity contribution is 7.03. The van der Waals surface area contributed by atoms with Crippen molar-refractivity contribution in [3.63, 3.8) is 0 Å². The molecule has 0 amide bonds. The molecular weight excluding hydrogens is 168 g/mol. The highest BCUT2D eigenvalue weighted by Crippen LogP contribution is 2.10. The molecule has 0 atom stereocenters. The first-order chi connectivity index (χ1) is 5.84. The summed E-state index contributed by atoms with van der Waals surface area (Å²) in [6.07, 6.45) is 3.66. The third-order valence-electron chi connectivity index (χ3n) is 1.13. The molecule has 0 N–H and O–H groups in total. The van der Waals surface area contributed by atoms with Gasteiger partial charge in [-0.1, -0.05) is 37.1 Å². The van der Waals surface area contributed by atoms with Gasteiger partial charge in [0.2, 0.25) is 0 Å². The van der Waals surface area contributed by atoms with Crippen molar-refractivity contribution in [2.45, 2.75) is 20.8 Å². The Morgan fingerprint density at radius 3 is 2.67 bits per heavy atom. The summed E-state index contributed by atoms with van der Waals surface area (Å²) in [6.45, 7) is 9.57. The number of hydrogen-bond acceptors (Lipinski definition) is 3. The summed E-state index contributed by atoms with van der Waals surface area (Å²) in [5.41, 5.74) is 2.04. The standard InChI is InChI=1S/C7H8N2S.C2H6/c1-3-4-6(2)7-5-10-9-8-7;1-2/h3-5H,1H2,2H3;1-2H3/b6-4+;. The summed E-state index contributed by atoms with van der Waals surface area (Å²) in [6, 6.07) is 0. The summed E-state index contributed by atoms with van der Waals surface area (Å²) in [4.78, 5) is 0. The smallest absolute Gasteiger partial charge is 0.101 e. The normalized spacial score (nSPS) is 10.1. The van der Waals surface area contributed by atoms with Crippen molar-refractivity contribution in [2.24, 2.45) is 0 Å². The van der Waals surface area contributed by atoms with Crippen LogP contribution >= 0.6 is 11.5 Å². The molecule has 0 bridgehead atoms. The Labute approximate surface area is 77.8 Å². The molecule has 0 radical (unpaired) electrons. The Bertz CT molecular complexity index is 237. The van der Waals surface area contributed by atoms with Crippen molar-refractivity contribution in [3.05, 3.63) is 29.8 Å². The van der Waals surface area contributed by atoms with Gasteiger partial charge in [0.1, 0.15) is 5.69 Å². The summed E-state index contributed by atoms with van der Waals surface area (Å²) in [7, 11) is 0. The highest BCUT2D eigenvalue weighted by atomic mass is 32.1. The second kappa shape index (κ2) is 6.73. The summed E-state index contributed by atoms with van der Waals surface area (Å²) < 4.78 is 3.74. The fourth-order valence-electron chi connectivity index (χ4n) is 0.599. The molecule has 0 saturated carbocycles. The lowest BCUT2D eigenvalue weighted by Gasteiger charge is -1.88. The Morgan fingerprint density at radius 2 is 2.25 bits per heavy atom. The number of rotatable bonds is 2. The van der Waals surface area contributed by atoms with Crippen molar-refractivity contribution < 1.29 is 0 Å². The third kappa shape index (κ3) is 3.44. The second-order valence-corrected chi connectivity index (χ2v) is 2.49. The molecule has 1 rings (SSSR count). The number of allylic oxidation sites excluding steroid dienone is 3. The van der Waals surface area contributed by atoms with E-state index < -0.39 is 0 Å². The monoisotopic (exact) mass is 182 g/mol. The summed E-state index contributed by atoms with van der Waals surface area (Å²) in [5.74, 6) is 0. The molecule has 2 nitrogen and oxygen atoms in total. The zero-order chi connectivity index (χ0) is 9.40. The van der Waals surface area contributed by atoms with Crippen LogP contribution in [0.2, 0.25) is 0 Å². The SMILES string of the molecule is C=C/C=C(\C)c1csnn1.CC. The Balaban J connectivity index is 0.000000561. The second-order valence-electron chi connectivity index (χ2n) is 1.88. The Morgan fingerprint density at radius 1 is 1.58 bits per heavy atom. The third-order valence-corrected chi connectivity index (χ3v) is 1.64. The van der Waals surface area contributed by atoms with E-state index in [0.29, 0.717) is 0 Å². The van der Waals surface area contributed by atoms with E-state index in [1.807, 2.05) is 32.2 Å². The van der Waals surface area contributed by atoms with Crippen LogP contribution in [0.5, 0.6) is 0 Å². The molecule has 0 unspecified atom stereocenters. The number of hydrogen-bond donors (Lipinski definition) is 0. The van der Waals surface area contributed by atoms with Crippen molar-refractivity contribution in [3.8, 4) is 0 Å². The lowest BCUT2D eigenvalue weighted by Crippen LogP contribution is -1.77. The van der Waals surface area contributed by atoms with Crippen LogP contribution in [0.15, 0.2) is 24.1 Å². The van der Waals surface area contributed by atoms with Gasteiger partial charge in [-0.3, -0.25) is 0 Å². The van der Waals surface area contributed by atoms with E-state index >= 15 is 0 Å². The van der Waals surface area contributed by atoms with Crippen LogP contribution in [0.1, 0.15) is 26.5 Å². The van der Waals surface area contributed by atoms with Crippen molar-refractivity contribution in [2.75, 3.05) is 0 Å². The van der Waals surface area contributed by atoms with Crippen LogP contribution in [-0.2, 0) is 0 Å². The lowest BCUT2D eigenvalue weighted by atomic mass is 10.2. The van der Waals surface area contributed by atoms with Crippen LogP contribution in [0.25, 0.3) is 5.57 Å². The minimum absolute atomic E-state index is 0.935. The van der Waals surface area contributed by atoms with Gasteiger partial charge in [-0.25, -0.2) is 0 Å². The molecule has 0 spiro atoms. The highest BCUT2D eigenvalue weighted by Gasteiger charge is 1.95. The largest absolute Gasteiger partial charge is 0.138 e. The average molecular weight is 182 g/mol. The molecule has 0 aliphatic rings. The van der Waals surface area contributed by atoms with Crippen LogP contribution in [-0.4, -0.2) is 9.59 Å². The number of nitrogens with zero attached hydrogens (tertiary/aromatic N) is 2. The molecule has 0 aromatic carbocycles. The van der Waals surface area contributed by atoms with Crippen molar-refractivity contribution in [1.82, 2.24) is 9.59 Å². The van der Waals surface area contributed by atoms with E-state index in [9.17, 15) is 0 Å². The van der Waals surface area contributed by atoms with Crippen LogP contribution in [0.4, 0.5) is 0 Å². The molecule has 1 aromatic heterocycles. The molecule has 3 heteroatoms. The van der Waals surface area contributed by atoms with Gasteiger partial charge in [-0.05, 0) is 24.0 Å². The minimum Gasteiger partial charge on any atom is -0.138 e. The minimum atomic E-state index is 0.935. The summed E-state index contributed by atoms with van der Waals surface area (Å²) >= 11 is 1.36. The van der Waals surface area contributed by atoms with Crippen LogP contribution < -0.4 is 0 Å².